The van der Waals surface area contributed by atoms with Crippen molar-refractivity contribution in [3.8, 4) is 17.1 Å². The number of para-hydroxylation sites is 1. The summed E-state index contributed by atoms with van der Waals surface area (Å²) in [5.41, 5.74) is 2.72. The minimum atomic E-state index is -0.137. The van der Waals surface area contributed by atoms with Gasteiger partial charge in [-0.2, -0.15) is 5.10 Å². The van der Waals surface area contributed by atoms with Crippen LogP contribution in [0.15, 0.2) is 29.1 Å². The Morgan fingerprint density at radius 1 is 1.23 bits per heavy atom. The number of aryl methyl sites for hydroxylation is 1. The smallest absolute Gasteiger partial charge is 0.277 e. The van der Waals surface area contributed by atoms with Gasteiger partial charge in [-0.05, 0) is 38.8 Å². The Hall–Kier alpha value is -2.63. The maximum atomic E-state index is 12.9. The van der Waals surface area contributed by atoms with Gasteiger partial charge in [0.15, 0.2) is 5.52 Å². The van der Waals surface area contributed by atoms with E-state index in [9.17, 15) is 4.79 Å². The Balaban J connectivity index is 1.86. The van der Waals surface area contributed by atoms with Crippen LogP contribution in [0, 0.1) is 6.92 Å². The lowest BCUT2D eigenvalue weighted by Crippen LogP contribution is -2.19. The van der Waals surface area contributed by atoms with Gasteiger partial charge in [-0.15, -0.1) is 0 Å². The van der Waals surface area contributed by atoms with Gasteiger partial charge in [-0.1, -0.05) is 31.4 Å². The summed E-state index contributed by atoms with van der Waals surface area (Å²) in [5, 5.41) is 4.67. The Labute approximate surface area is 152 Å². The molecule has 1 aliphatic rings. The van der Waals surface area contributed by atoms with Gasteiger partial charge in [0.2, 0.25) is 0 Å². The lowest BCUT2D eigenvalue weighted by molar-refractivity contribution is 0.336. The Morgan fingerprint density at radius 2 is 2.00 bits per heavy atom. The van der Waals surface area contributed by atoms with E-state index < -0.39 is 0 Å². The second-order valence-electron chi connectivity index (χ2n) is 6.86. The fourth-order valence-electron chi connectivity index (χ4n) is 3.85. The third kappa shape index (κ3) is 2.89. The molecule has 1 N–H and O–H groups in total. The second-order valence-corrected chi connectivity index (χ2v) is 6.86. The van der Waals surface area contributed by atoms with Crippen LogP contribution in [0.1, 0.15) is 50.8 Å². The van der Waals surface area contributed by atoms with Gasteiger partial charge in [0.25, 0.3) is 5.56 Å². The minimum Gasteiger partial charge on any atom is -0.493 e. The van der Waals surface area contributed by atoms with Crippen molar-refractivity contribution in [3.63, 3.8) is 0 Å². The highest BCUT2D eigenvalue weighted by Gasteiger charge is 2.23. The van der Waals surface area contributed by atoms with Gasteiger partial charge in [0.1, 0.15) is 17.1 Å². The number of hydrogen-bond donors (Lipinski definition) is 1. The van der Waals surface area contributed by atoms with E-state index in [1.54, 1.807) is 0 Å². The van der Waals surface area contributed by atoms with Gasteiger partial charge in [-0.25, -0.2) is 4.98 Å². The van der Waals surface area contributed by atoms with Crippen molar-refractivity contribution in [2.24, 2.45) is 0 Å². The summed E-state index contributed by atoms with van der Waals surface area (Å²) < 4.78 is 7.60. The zero-order valence-electron chi connectivity index (χ0n) is 15.3. The molecule has 2 aromatic heterocycles. The van der Waals surface area contributed by atoms with Gasteiger partial charge < -0.3 is 9.72 Å². The molecule has 136 valence electrons. The molecule has 1 saturated carbocycles. The maximum Gasteiger partial charge on any atom is 0.277 e. The van der Waals surface area contributed by atoms with Crippen molar-refractivity contribution in [2.75, 3.05) is 6.61 Å². The summed E-state index contributed by atoms with van der Waals surface area (Å²) in [6.45, 7) is 4.42. The highest BCUT2D eigenvalue weighted by molar-refractivity contribution is 5.79. The summed E-state index contributed by atoms with van der Waals surface area (Å²) in [6.07, 6.45) is 5.79. The van der Waals surface area contributed by atoms with Crippen LogP contribution in [0.3, 0.4) is 0 Å². The lowest BCUT2D eigenvalue weighted by Gasteiger charge is -2.22. The number of aromatic nitrogens is 4. The van der Waals surface area contributed by atoms with Crippen LogP contribution in [-0.4, -0.2) is 26.4 Å². The monoisotopic (exact) mass is 352 g/mol. The molecular formula is C20H24N4O2. The first-order valence-electron chi connectivity index (χ1n) is 9.40. The summed E-state index contributed by atoms with van der Waals surface area (Å²) in [4.78, 5) is 20.6. The van der Waals surface area contributed by atoms with Gasteiger partial charge >= 0.3 is 0 Å². The van der Waals surface area contributed by atoms with E-state index >= 15 is 0 Å². The van der Waals surface area contributed by atoms with Crippen LogP contribution >= 0.6 is 0 Å². The molecule has 0 bridgehead atoms. The molecule has 0 radical (unpaired) electrons. The van der Waals surface area contributed by atoms with E-state index in [0.717, 1.165) is 29.8 Å². The number of fused-ring (bicyclic) bond motifs is 1. The number of rotatable bonds is 4. The average molecular weight is 352 g/mol. The fourth-order valence-corrected chi connectivity index (χ4v) is 3.85. The van der Waals surface area contributed by atoms with E-state index in [4.69, 9.17) is 9.72 Å². The van der Waals surface area contributed by atoms with Gasteiger partial charge in [0, 0.05) is 0 Å². The average Bonchev–Trinajstić information content (AvgIpc) is 3.00. The highest BCUT2D eigenvalue weighted by atomic mass is 16.5. The first kappa shape index (κ1) is 16.8. The van der Waals surface area contributed by atoms with Crippen molar-refractivity contribution >= 4 is 11.0 Å². The lowest BCUT2D eigenvalue weighted by atomic mass is 9.95. The van der Waals surface area contributed by atoms with E-state index in [2.05, 4.69) is 10.1 Å². The Morgan fingerprint density at radius 3 is 2.77 bits per heavy atom. The van der Waals surface area contributed by atoms with E-state index in [-0.39, 0.29) is 5.56 Å². The topological polar surface area (TPSA) is 72.8 Å². The predicted molar refractivity (Wildman–Crippen MR) is 102 cm³/mol. The highest BCUT2D eigenvalue weighted by Crippen LogP contribution is 2.31. The van der Waals surface area contributed by atoms with Crippen LogP contribution in [-0.2, 0) is 0 Å². The molecule has 1 aliphatic carbocycles. The molecule has 1 fully saturated rings. The van der Waals surface area contributed by atoms with Crippen LogP contribution < -0.4 is 10.3 Å². The number of ether oxygens (including phenoxy) is 1. The fraction of sp³-hybridized carbons (Fsp3) is 0.450. The van der Waals surface area contributed by atoms with Crippen molar-refractivity contribution in [1.82, 2.24) is 19.7 Å². The first-order chi connectivity index (χ1) is 12.7. The zero-order chi connectivity index (χ0) is 18.1. The molecule has 0 unspecified atom stereocenters. The third-order valence-electron chi connectivity index (χ3n) is 5.09. The Bertz CT molecular complexity index is 983. The largest absolute Gasteiger partial charge is 0.493 e. The molecule has 0 spiro atoms. The predicted octanol–water partition coefficient (Wildman–Crippen LogP) is 4.00. The second kappa shape index (κ2) is 6.94. The molecule has 0 atom stereocenters. The SMILES string of the molecule is CCOc1ccccc1-c1nc2c(C)nn(C3CCCCC3)c2c(=O)[nH]1. The molecular weight excluding hydrogens is 328 g/mol. The van der Waals surface area contributed by atoms with Crippen molar-refractivity contribution < 1.29 is 4.74 Å². The van der Waals surface area contributed by atoms with Crippen molar-refractivity contribution in [2.45, 2.75) is 52.0 Å². The van der Waals surface area contributed by atoms with Crippen LogP contribution in [0.4, 0.5) is 0 Å². The third-order valence-corrected chi connectivity index (χ3v) is 5.09. The summed E-state index contributed by atoms with van der Waals surface area (Å²) in [5.74, 6) is 1.24. The molecule has 3 aromatic rings. The van der Waals surface area contributed by atoms with E-state index in [0.29, 0.717) is 29.5 Å². The van der Waals surface area contributed by atoms with E-state index in [1.165, 1.54) is 19.3 Å². The number of nitrogens with zero attached hydrogens (tertiary/aromatic N) is 3. The molecule has 6 nitrogen and oxygen atoms in total. The maximum absolute atomic E-state index is 12.9. The number of hydrogen-bond acceptors (Lipinski definition) is 4. The molecule has 26 heavy (non-hydrogen) atoms. The molecule has 0 amide bonds. The summed E-state index contributed by atoms with van der Waals surface area (Å²) in [7, 11) is 0. The van der Waals surface area contributed by atoms with Crippen LogP contribution in [0.2, 0.25) is 0 Å². The summed E-state index contributed by atoms with van der Waals surface area (Å²) >= 11 is 0. The van der Waals surface area contributed by atoms with E-state index in [1.807, 2.05) is 42.8 Å². The minimum absolute atomic E-state index is 0.137. The Kier molecular flexibility index (Phi) is 4.49. The quantitative estimate of drug-likeness (QED) is 0.770. The number of benzene rings is 1. The molecule has 0 aliphatic heterocycles. The summed E-state index contributed by atoms with van der Waals surface area (Å²) in [6, 6.07) is 7.93. The number of nitrogens with one attached hydrogen (secondary N) is 1. The molecule has 2 heterocycles. The number of aromatic amines is 1. The van der Waals surface area contributed by atoms with Gasteiger partial charge in [-0.3, -0.25) is 9.48 Å². The molecule has 4 rings (SSSR count). The van der Waals surface area contributed by atoms with Gasteiger partial charge in [0.05, 0.1) is 23.9 Å². The normalized spacial score (nSPS) is 15.5. The van der Waals surface area contributed by atoms with Crippen molar-refractivity contribution in [3.05, 3.63) is 40.3 Å². The zero-order valence-corrected chi connectivity index (χ0v) is 15.3. The standard InChI is InChI=1S/C20H24N4O2/c1-3-26-16-12-8-7-11-15(16)19-21-17-13(2)23-24(18(17)20(25)22-19)14-9-5-4-6-10-14/h7-8,11-12,14H,3-6,9-10H2,1-2H3,(H,21,22,25). The molecule has 6 heteroatoms. The van der Waals surface area contributed by atoms with Crippen LogP contribution in [0.25, 0.3) is 22.4 Å². The molecule has 1 aromatic carbocycles. The first-order valence-corrected chi connectivity index (χ1v) is 9.40. The van der Waals surface area contributed by atoms with Crippen molar-refractivity contribution in [1.29, 1.82) is 0 Å². The number of H-pyrrole nitrogens is 1. The molecule has 0 saturated heterocycles. The van der Waals surface area contributed by atoms with Crippen LogP contribution in [0.5, 0.6) is 5.75 Å².